The van der Waals surface area contributed by atoms with E-state index in [9.17, 15) is 17.2 Å². The van der Waals surface area contributed by atoms with Crippen molar-refractivity contribution in [1.82, 2.24) is 25.6 Å². The van der Waals surface area contributed by atoms with Crippen LogP contribution in [-0.2, 0) is 15.3 Å². The van der Waals surface area contributed by atoms with Gasteiger partial charge in [0, 0.05) is 18.9 Å². The van der Waals surface area contributed by atoms with Gasteiger partial charge >= 0.3 is 0 Å². The molecule has 1 aromatic carbocycles. The molecule has 9 nitrogen and oxygen atoms in total. The molecule has 3 aliphatic rings. The Morgan fingerprint density at radius 2 is 1.97 bits per heavy atom. The highest BCUT2D eigenvalue weighted by Gasteiger charge is 2.58. The van der Waals surface area contributed by atoms with Crippen LogP contribution in [0.4, 0.5) is 14.7 Å². The largest absolute Gasteiger partial charge is 0.281 e. The van der Waals surface area contributed by atoms with Crippen LogP contribution in [0.3, 0.4) is 0 Å². The summed E-state index contributed by atoms with van der Waals surface area (Å²) in [5.41, 5.74) is 5.20. The van der Waals surface area contributed by atoms with E-state index >= 15 is 0 Å². The van der Waals surface area contributed by atoms with E-state index in [-0.39, 0.29) is 36.2 Å². The number of aliphatic imine (C=N–C) groups is 1. The van der Waals surface area contributed by atoms with E-state index in [1.165, 1.54) is 24.5 Å². The van der Waals surface area contributed by atoms with Gasteiger partial charge < -0.3 is 0 Å². The fraction of sp³-hybridized carbons (Fsp3) is 0.423. The van der Waals surface area contributed by atoms with Gasteiger partial charge in [0.05, 0.1) is 33.3 Å². The number of rotatable bonds is 6. The van der Waals surface area contributed by atoms with Gasteiger partial charge in [0.25, 0.3) is 0 Å². The number of sulfone groups is 1. The summed E-state index contributed by atoms with van der Waals surface area (Å²) < 4.78 is 52.6. The average Bonchev–Trinajstić information content (AvgIpc) is 3.55. The van der Waals surface area contributed by atoms with E-state index < -0.39 is 32.1 Å². The normalized spacial score (nSPS) is 24.8. The highest BCUT2D eigenvalue weighted by Crippen LogP contribution is 2.62. The quantitative estimate of drug-likeness (QED) is 0.506. The van der Waals surface area contributed by atoms with E-state index in [0.717, 1.165) is 29.8 Å². The molecular formula is C26H27F2N7O2S. The lowest BCUT2D eigenvalue weighted by atomic mass is 9.75. The summed E-state index contributed by atoms with van der Waals surface area (Å²) in [5, 5.41) is 9.93. The molecule has 3 heterocycles. The Kier molecular flexibility index (Phi) is 5.71. The van der Waals surface area contributed by atoms with Crippen LogP contribution in [0.15, 0.2) is 41.5 Å². The van der Waals surface area contributed by atoms with Crippen molar-refractivity contribution in [2.75, 3.05) is 17.9 Å². The maximum Gasteiger partial charge on any atom is 0.246 e. The maximum absolute atomic E-state index is 14.5. The molecule has 1 N–H and O–H groups in total. The molecule has 1 fully saturated rings. The molecular weight excluding hydrogens is 512 g/mol. The van der Waals surface area contributed by atoms with Gasteiger partial charge in [0.1, 0.15) is 34.0 Å². The van der Waals surface area contributed by atoms with Crippen LogP contribution in [0.1, 0.15) is 56.0 Å². The number of fused-ring (bicyclic) bond motifs is 5. The maximum atomic E-state index is 14.5. The summed E-state index contributed by atoms with van der Waals surface area (Å²) in [7, 11) is -3.18. The summed E-state index contributed by atoms with van der Waals surface area (Å²) >= 11 is 0. The fourth-order valence-electron chi connectivity index (χ4n) is 6.10. The molecule has 0 spiro atoms. The highest BCUT2D eigenvalue weighted by atomic mass is 32.2. The minimum atomic E-state index is -3.18. The monoisotopic (exact) mass is 539 g/mol. The number of nitrogens with zero attached hydrogens (tertiary/aromatic N) is 6. The Bertz CT molecular complexity index is 1560. The second-order valence-corrected chi connectivity index (χ2v) is 12.9. The van der Waals surface area contributed by atoms with Crippen molar-refractivity contribution < 1.29 is 17.2 Å². The van der Waals surface area contributed by atoms with Gasteiger partial charge in [0.2, 0.25) is 5.95 Å². The molecule has 3 aromatic rings. The van der Waals surface area contributed by atoms with Crippen molar-refractivity contribution in [2.45, 2.75) is 49.7 Å². The molecule has 38 heavy (non-hydrogen) atoms. The van der Waals surface area contributed by atoms with Crippen LogP contribution in [0.5, 0.6) is 0 Å². The third-order valence-corrected chi connectivity index (χ3v) is 9.94. The zero-order valence-electron chi connectivity index (χ0n) is 21.2. The van der Waals surface area contributed by atoms with Gasteiger partial charge in [0.15, 0.2) is 0 Å². The molecule has 2 aromatic heterocycles. The number of hydrogen-bond donors (Lipinski definition) is 1. The zero-order chi connectivity index (χ0) is 26.8. The third-order valence-electron chi connectivity index (χ3n) is 8.31. The van der Waals surface area contributed by atoms with Gasteiger partial charge in [-0.15, -0.1) is 5.10 Å². The number of anilines is 1. The first kappa shape index (κ1) is 24.8. The average molecular weight is 540 g/mol. The number of benzene rings is 1. The number of aromatic nitrogens is 4. The number of hydrogen-bond acceptors (Lipinski definition) is 9. The number of amidine groups is 1. The third kappa shape index (κ3) is 3.76. The molecule has 0 radical (unpaired) electrons. The van der Waals surface area contributed by atoms with Crippen molar-refractivity contribution in [3.63, 3.8) is 0 Å². The second kappa shape index (κ2) is 8.75. The van der Waals surface area contributed by atoms with Gasteiger partial charge in [-0.05, 0) is 61.4 Å². The smallest absolute Gasteiger partial charge is 0.246 e. The number of nitrogens with one attached hydrogen (secondary N) is 1. The topological polar surface area (TPSA) is 113 Å². The molecule has 2 aliphatic carbocycles. The Labute approximate surface area is 219 Å². The van der Waals surface area contributed by atoms with Gasteiger partial charge in [-0.3, -0.25) is 5.43 Å². The second-order valence-electron chi connectivity index (χ2n) is 10.4. The lowest BCUT2D eigenvalue weighted by molar-refractivity contribution is 0.398. The number of halogens is 2. The van der Waals surface area contributed by atoms with Crippen LogP contribution < -0.4 is 10.4 Å². The lowest BCUT2D eigenvalue weighted by Crippen LogP contribution is -2.39. The number of hydrazine groups is 1. The van der Waals surface area contributed by atoms with Crippen LogP contribution in [-0.4, -0.2) is 52.6 Å². The van der Waals surface area contributed by atoms with Gasteiger partial charge in [-0.25, -0.2) is 37.2 Å². The van der Waals surface area contributed by atoms with Crippen molar-refractivity contribution in [1.29, 1.82) is 0 Å². The van der Waals surface area contributed by atoms with E-state index in [1.54, 1.807) is 24.2 Å². The van der Waals surface area contributed by atoms with E-state index in [1.807, 2.05) is 6.07 Å². The zero-order valence-corrected chi connectivity index (χ0v) is 22.0. The molecule has 1 unspecified atom stereocenters. The fourth-order valence-corrected chi connectivity index (χ4v) is 6.56. The molecule has 198 valence electrons. The highest BCUT2D eigenvalue weighted by molar-refractivity contribution is 7.91. The first-order valence-electron chi connectivity index (χ1n) is 12.5. The first-order chi connectivity index (χ1) is 18.1. The van der Waals surface area contributed by atoms with E-state index in [0.29, 0.717) is 11.8 Å². The first-order valence-corrected chi connectivity index (χ1v) is 14.5. The molecule has 1 saturated carbocycles. The molecule has 12 heteroatoms. The lowest BCUT2D eigenvalue weighted by Gasteiger charge is -2.30. The Morgan fingerprint density at radius 1 is 1.21 bits per heavy atom. The minimum absolute atomic E-state index is 0.157. The summed E-state index contributed by atoms with van der Waals surface area (Å²) in [5.74, 6) is -0.0272. The van der Waals surface area contributed by atoms with Gasteiger partial charge in [-0.2, -0.15) is 5.10 Å². The van der Waals surface area contributed by atoms with Crippen molar-refractivity contribution in [2.24, 2.45) is 10.9 Å². The van der Waals surface area contributed by atoms with Crippen molar-refractivity contribution in [3.8, 4) is 11.3 Å². The van der Waals surface area contributed by atoms with Crippen LogP contribution in [0.25, 0.3) is 11.3 Å². The van der Waals surface area contributed by atoms with Gasteiger partial charge in [-0.1, -0.05) is 13.0 Å². The predicted octanol–water partition coefficient (Wildman–Crippen LogP) is 3.53. The molecule has 0 amide bonds. The van der Waals surface area contributed by atoms with Crippen LogP contribution in [0.2, 0.25) is 0 Å². The Morgan fingerprint density at radius 3 is 2.71 bits per heavy atom. The van der Waals surface area contributed by atoms with E-state index in [4.69, 9.17) is 4.98 Å². The SMILES string of the molecule is CC1[C@H]2CC[C@]1(c1ccnc(N3CN=C(C[C@H](C)S(C)(=O)=O)N3)n1)c1nnc(-c3c(F)cccc3F)cc12. The van der Waals surface area contributed by atoms with Crippen LogP contribution in [0, 0.1) is 17.6 Å². The molecule has 4 atom stereocenters. The molecule has 6 rings (SSSR count). The molecule has 2 bridgehead atoms. The molecule has 0 saturated heterocycles. The Balaban J connectivity index is 1.32. The summed E-state index contributed by atoms with van der Waals surface area (Å²) in [6.07, 6.45) is 4.90. The predicted molar refractivity (Wildman–Crippen MR) is 138 cm³/mol. The summed E-state index contributed by atoms with van der Waals surface area (Å²) in [6.45, 7) is 4.07. The summed E-state index contributed by atoms with van der Waals surface area (Å²) in [4.78, 5) is 13.8. The van der Waals surface area contributed by atoms with Crippen molar-refractivity contribution >= 4 is 21.6 Å². The molecule has 1 aliphatic heterocycles. The minimum Gasteiger partial charge on any atom is -0.281 e. The van der Waals surface area contributed by atoms with Crippen LogP contribution >= 0.6 is 0 Å². The standard InChI is InChI=1S/C26H27F2N7O2S/c1-14(38(3,36)37)11-22-30-13-35(34-22)25-29-10-8-21(31-25)26-9-7-16(15(26)2)17-12-20(32-33-24(17)26)23-18(27)5-4-6-19(23)28/h4-6,8,10,12,14-16H,7,9,11,13H2,1-3H3,(H,30,34)/t14-,15?,16+,26-/m0/s1. The Hall–Kier alpha value is -3.54. The summed E-state index contributed by atoms with van der Waals surface area (Å²) in [6, 6.07) is 7.42. The van der Waals surface area contributed by atoms with Crippen molar-refractivity contribution in [3.05, 3.63) is 65.1 Å². The van der Waals surface area contributed by atoms with E-state index in [2.05, 4.69) is 32.5 Å².